The van der Waals surface area contributed by atoms with Gasteiger partial charge in [-0.2, -0.15) is 21.6 Å². The fourth-order valence-corrected chi connectivity index (χ4v) is 28.5. The van der Waals surface area contributed by atoms with E-state index in [-0.39, 0.29) is 16.6 Å². The molecule has 0 amide bonds. The van der Waals surface area contributed by atoms with Crippen LogP contribution in [0.5, 0.6) is 11.5 Å². The number of halogens is 3. The van der Waals surface area contributed by atoms with E-state index in [1.54, 1.807) is 17.4 Å². The topological polar surface area (TPSA) is 72.8 Å². The fourth-order valence-electron chi connectivity index (χ4n) is 24.4. The van der Waals surface area contributed by atoms with Gasteiger partial charge in [-0.15, -0.1) is 34.0 Å². The molecule has 0 atom stereocenters. The molecule has 1 radical (unpaired) electrons. The molecule has 0 bridgehead atoms. The van der Waals surface area contributed by atoms with Crippen molar-refractivity contribution in [2.75, 3.05) is 0 Å². The third kappa shape index (κ3) is 13.9. The molecule has 3 aromatic heterocycles. The molecule has 0 saturated carbocycles. The Morgan fingerprint density at radius 3 is 0.857 bits per heavy atom. The lowest BCUT2D eigenvalue weighted by atomic mass is 9.80. The van der Waals surface area contributed by atoms with E-state index in [1.807, 2.05) is 65.1 Å². The van der Waals surface area contributed by atoms with Crippen LogP contribution in [0.1, 0.15) is 55.5 Å². The van der Waals surface area contributed by atoms with Crippen molar-refractivity contribution in [2.45, 2.75) is 51.0 Å². The molecule has 2 aliphatic rings. The Kier molecular flexibility index (Phi) is 20.0. The minimum Gasteiger partial charge on any atom is -0.537 e. The van der Waals surface area contributed by atoms with E-state index < -0.39 is 15.6 Å². The van der Waals surface area contributed by atoms with Crippen LogP contribution >= 0.6 is 34.0 Å². The number of thiophene rings is 3. The van der Waals surface area contributed by atoms with Gasteiger partial charge < -0.3 is 13.9 Å². The summed E-state index contributed by atoms with van der Waals surface area (Å²) in [4.78, 5) is 0. The van der Waals surface area contributed by atoms with Crippen molar-refractivity contribution >= 4 is 242 Å². The number of hydrogen-bond acceptors (Lipinski definition) is 8. The van der Waals surface area contributed by atoms with E-state index in [0.29, 0.717) is 18.8 Å². The lowest BCUT2D eigenvalue weighted by Gasteiger charge is -2.23. The first-order chi connectivity index (χ1) is 71.6. The lowest BCUT2D eigenvalue weighted by Crippen LogP contribution is -2.28. The number of fused-ring (bicyclic) bond motifs is 39. The highest BCUT2D eigenvalue weighted by atomic mass is 32.2. The largest absolute Gasteiger partial charge is 0.569 e. The van der Waals surface area contributed by atoms with E-state index in [0.717, 1.165) is 43.6 Å². The second-order valence-electron chi connectivity index (χ2n) is 40.2. The predicted molar refractivity (Wildman–Crippen MR) is 619 cm³/mol. The highest BCUT2D eigenvalue weighted by Gasteiger charge is 2.49. The van der Waals surface area contributed by atoms with Gasteiger partial charge in [0.25, 0.3) is 0 Å². The van der Waals surface area contributed by atoms with Crippen molar-refractivity contribution < 1.29 is 35.5 Å². The van der Waals surface area contributed by atoms with E-state index in [4.69, 9.17) is 9.68 Å². The Balaban J connectivity index is 0.000000126. The second-order valence-corrected chi connectivity index (χ2v) is 44.9. The molecular weight excluding hydrogens is 1890 g/mol. The summed E-state index contributed by atoms with van der Waals surface area (Å²) >= 11 is 5.59. The zero-order chi connectivity index (χ0) is 98.9. The van der Waals surface area contributed by atoms with Gasteiger partial charge in [-0.3, -0.25) is 0 Å². The standard InChI is InChI=1S/C75H46S2.C41H27F3O3S.C18H12BO2S/c1-75(2)69-41-65-55-33-31-45(43-15-11-17-47(35-43)49-25-13-27-59-57-23-7-9-29-71(57)76-73(49)59)37-61(55)51-19-3-5-21-53(51)63(65)39-67(69)68-40-64-54-22-6-4-20-52(54)62-38-46(32-34-56(62)66(64)42-70(68)75)44-16-12-18-48(36-44)50-26-14-28-60-58-24-8-10-30-72(58)77-74(50)60;1-22-12-14-28-30(16-22)24-8-4-6-10-26(24)32-18-36-37-19-33-27-11-7-5-9-25(27)31-17-23(47-48(45,46)41(42,43)44)13-15-29(31)35(33)21-39(37)40(2,3)38(36)20-34(28)32;20-19-21-13-6-3-5-12(11-13)14-8-4-9-16-15-7-1-2-10-17(15)22-18(14)16/h3-42H,1-2H3;4-21H,1-3H3;1-11,20H. The first kappa shape index (κ1) is 88.4. The average Bonchev–Trinajstić information content (AvgIpc) is 1.54. The summed E-state index contributed by atoms with van der Waals surface area (Å²) in [6.07, 6.45) is 0. The van der Waals surface area contributed by atoms with Gasteiger partial charge in [0.05, 0.1) is 0 Å². The highest BCUT2D eigenvalue weighted by Crippen LogP contribution is 2.58. The van der Waals surface area contributed by atoms with Gasteiger partial charge in [-0.05, 0) is 358 Å². The SMILES string of the molecule is CC1(C)c2cc3c4ccc(-c5cccc(-c6cccc7c6sc6ccccc67)c5)cc4c4ccccc4c3cc2-c2cc3c4ccccc4c4cc(-c5cccc(-c6cccc7c6sc6ccccc67)c5)ccc4c3cc21.Cc1ccc2c(c1)c1ccccc1c1cc3c(cc21)C(C)(C)c1cc2c4ccc(OS(=O)(=O)C(F)(F)F)cc4c4ccccc4c2cc1-3.O[B]Oc1cccc(-c2cccc3c2sc2ccccc23)c1. The van der Waals surface area contributed by atoms with Crippen molar-refractivity contribution in [3.63, 3.8) is 0 Å². The van der Waals surface area contributed by atoms with E-state index in [9.17, 15) is 21.6 Å². The monoisotopic (exact) mass is 1970 g/mol. The number of benzene rings is 25. The molecule has 699 valence electrons. The Bertz CT molecular complexity index is 10400. The molecule has 25 aromatic carbocycles. The molecule has 0 saturated heterocycles. The Morgan fingerprint density at radius 1 is 0.238 bits per heavy atom. The Hall–Kier alpha value is -16.4. The summed E-state index contributed by atoms with van der Waals surface area (Å²) in [7, 11) is -5.11. The lowest BCUT2D eigenvalue weighted by molar-refractivity contribution is -0.0500. The summed E-state index contributed by atoms with van der Waals surface area (Å²) in [5, 5.41) is 44.6. The van der Waals surface area contributed by atoms with Gasteiger partial charge in [0.1, 0.15) is 11.5 Å². The van der Waals surface area contributed by atoms with Crippen molar-refractivity contribution in [3.8, 4) is 89.4 Å². The minimum atomic E-state index is -5.82. The molecule has 0 unspecified atom stereocenters. The Labute approximate surface area is 856 Å². The van der Waals surface area contributed by atoms with Crippen LogP contribution in [-0.4, -0.2) is 26.6 Å². The van der Waals surface area contributed by atoms with E-state index in [1.165, 1.54) is 259 Å². The van der Waals surface area contributed by atoms with Crippen LogP contribution in [0, 0.1) is 6.92 Å². The molecule has 1 N–H and O–H groups in total. The van der Waals surface area contributed by atoms with Gasteiger partial charge in [-0.25, -0.2) is 0 Å². The summed E-state index contributed by atoms with van der Waals surface area (Å²) < 4.78 is 80.7. The third-order valence-corrected chi connectivity index (χ3v) is 36.0. The molecule has 0 fully saturated rings. The van der Waals surface area contributed by atoms with Crippen molar-refractivity contribution in [2.24, 2.45) is 0 Å². The maximum atomic E-state index is 13.2. The number of hydrogen-bond donors (Lipinski definition) is 1. The molecular formula is C134H85BF3O5S4. The summed E-state index contributed by atoms with van der Waals surface area (Å²) in [5.41, 5.74) is 17.6. The van der Waals surface area contributed by atoms with Crippen LogP contribution in [0.15, 0.2) is 419 Å². The Morgan fingerprint density at radius 2 is 0.503 bits per heavy atom. The van der Waals surface area contributed by atoms with Crippen LogP contribution in [0.3, 0.4) is 0 Å². The normalized spacial score (nSPS) is 13.2. The van der Waals surface area contributed by atoms with Crippen molar-refractivity contribution in [3.05, 3.63) is 446 Å². The molecule has 28 aromatic rings. The van der Waals surface area contributed by atoms with Crippen LogP contribution in [0.2, 0.25) is 0 Å². The second kappa shape index (κ2) is 33.3. The van der Waals surface area contributed by atoms with Crippen LogP contribution < -0.4 is 8.84 Å². The zero-order valence-corrected chi connectivity index (χ0v) is 83.5. The minimum absolute atomic E-state index is 0.224. The van der Waals surface area contributed by atoms with Gasteiger partial charge in [0, 0.05) is 71.3 Å². The average molecular weight is 1970 g/mol. The molecule has 3 heterocycles. The molecule has 147 heavy (non-hydrogen) atoms. The van der Waals surface area contributed by atoms with Crippen LogP contribution in [-0.2, 0) is 20.9 Å². The van der Waals surface area contributed by atoms with Gasteiger partial charge in [0.15, 0.2) is 0 Å². The zero-order valence-electron chi connectivity index (χ0n) is 80.3. The van der Waals surface area contributed by atoms with E-state index in [2.05, 4.69) is 397 Å². The van der Waals surface area contributed by atoms with Crippen LogP contribution in [0.4, 0.5) is 13.2 Å². The predicted octanol–water partition coefficient (Wildman–Crippen LogP) is 38.4. The number of rotatable bonds is 9. The maximum Gasteiger partial charge on any atom is 0.569 e. The van der Waals surface area contributed by atoms with Gasteiger partial charge in [-0.1, -0.05) is 331 Å². The molecule has 30 rings (SSSR count). The molecule has 5 nitrogen and oxygen atoms in total. The summed E-state index contributed by atoms with van der Waals surface area (Å²) in [6, 6.07) is 151. The van der Waals surface area contributed by atoms with Gasteiger partial charge in [0.2, 0.25) is 0 Å². The van der Waals surface area contributed by atoms with Gasteiger partial charge >= 0.3 is 23.3 Å². The summed E-state index contributed by atoms with van der Waals surface area (Å²) in [6.45, 7) is 11.5. The maximum absolute atomic E-state index is 13.2. The highest BCUT2D eigenvalue weighted by molar-refractivity contribution is 7.88. The third-order valence-electron chi connectivity index (χ3n) is 31.3. The number of alkyl halides is 3. The van der Waals surface area contributed by atoms with Crippen molar-refractivity contribution in [1.82, 2.24) is 0 Å². The molecule has 2 aliphatic carbocycles. The molecule has 0 aliphatic heterocycles. The molecule has 0 spiro atoms. The quantitative estimate of drug-likeness (QED) is 0.0675. The number of aryl methyl sites for hydroxylation is 1. The summed E-state index contributed by atoms with van der Waals surface area (Å²) in [5.74, 6) is 0.234. The first-order valence-electron chi connectivity index (χ1n) is 49.5. The first-order valence-corrected chi connectivity index (χ1v) is 53.3. The fraction of sp³-hybridized carbons (Fsp3) is 0.0597. The van der Waals surface area contributed by atoms with Crippen molar-refractivity contribution in [1.29, 1.82) is 0 Å². The smallest absolute Gasteiger partial charge is 0.537 e. The van der Waals surface area contributed by atoms with E-state index >= 15 is 0 Å². The van der Waals surface area contributed by atoms with Crippen LogP contribution in [0.25, 0.3) is 268 Å². The molecule has 13 heteroatoms.